The van der Waals surface area contributed by atoms with Crippen LogP contribution in [0, 0.1) is 0 Å². The van der Waals surface area contributed by atoms with Crippen molar-refractivity contribution in [1.29, 1.82) is 0 Å². The van der Waals surface area contributed by atoms with Crippen LogP contribution in [0.4, 0.5) is 0 Å². The molecule has 27 heavy (non-hydrogen) atoms. The van der Waals surface area contributed by atoms with Crippen molar-refractivity contribution in [1.82, 2.24) is 15.5 Å². The molecule has 0 unspecified atom stereocenters. The highest BCUT2D eigenvalue weighted by molar-refractivity contribution is 7.10. The highest BCUT2D eigenvalue weighted by atomic mass is 32.1. The molecule has 0 radical (unpaired) electrons. The maximum Gasteiger partial charge on any atom is 0.251 e. The van der Waals surface area contributed by atoms with Gasteiger partial charge in [-0.1, -0.05) is 24.3 Å². The predicted octanol–water partition coefficient (Wildman–Crippen LogP) is 1.83. The van der Waals surface area contributed by atoms with Crippen molar-refractivity contribution in [3.8, 4) is 0 Å². The molecule has 1 aromatic heterocycles. The molecule has 0 spiro atoms. The van der Waals surface area contributed by atoms with Gasteiger partial charge in [-0.05, 0) is 36.4 Å². The van der Waals surface area contributed by atoms with Crippen molar-refractivity contribution in [2.45, 2.75) is 25.3 Å². The standard InChI is InChI=1S/C20H23N3O3S/c24-18(14-16-8-5-13-27-16)23-12-4-9-17(23)20(26)22-11-10-21-19(25)15-6-2-1-3-7-15/h1-3,5-8,13,17H,4,9-12,14H2,(H,21,25)(H,22,26)/t17-/m0/s1. The van der Waals surface area contributed by atoms with E-state index in [1.165, 1.54) is 0 Å². The lowest BCUT2D eigenvalue weighted by Crippen LogP contribution is -2.47. The number of rotatable bonds is 7. The molecule has 142 valence electrons. The molecule has 2 N–H and O–H groups in total. The SMILES string of the molecule is O=C(NCCNC(=O)[C@@H]1CCCN1C(=O)Cc1cccs1)c1ccccc1. The van der Waals surface area contributed by atoms with Crippen LogP contribution in [0.3, 0.4) is 0 Å². The minimum atomic E-state index is -0.415. The molecule has 0 bridgehead atoms. The molecule has 1 aliphatic rings. The largest absolute Gasteiger partial charge is 0.353 e. The van der Waals surface area contributed by atoms with E-state index in [1.54, 1.807) is 40.5 Å². The van der Waals surface area contributed by atoms with Gasteiger partial charge in [0.25, 0.3) is 5.91 Å². The Balaban J connectivity index is 1.43. The molecule has 1 atom stereocenters. The molecule has 1 fully saturated rings. The van der Waals surface area contributed by atoms with Gasteiger partial charge in [-0.3, -0.25) is 14.4 Å². The molecule has 1 saturated heterocycles. The topological polar surface area (TPSA) is 78.5 Å². The molecule has 1 aliphatic heterocycles. The normalized spacial score (nSPS) is 16.1. The second-order valence-electron chi connectivity index (χ2n) is 6.41. The monoisotopic (exact) mass is 385 g/mol. The van der Waals surface area contributed by atoms with Crippen LogP contribution in [0.25, 0.3) is 0 Å². The molecule has 2 aromatic rings. The first-order valence-corrected chi connectivity index (χ1v) is 9.96. The average Bonchev–Trinajstić information content (AvgIpc) is 3.37. The lowest BCUT2D eigenvalue weighted by molar-refractivity contribution is -0.137. The predicted molar refractivity (Wildman–Crippen MR) is 105 cm³/mol. The minimum absolute atomic E-state index is 0.00696. The first-order chi connectivity index (χ1) is 13.1. The van der Waals surface area contributed by atoms with Gasteiger partial charge in [-0.15, -0.1) is 11.3 Å². The number of nitrogens with zero attached hydrogens (tertiary/aromatic N) is 1. The van der Waals surface area contributed by atoms with Crippen molar-refractivity contribution in [2.75, 3.05) is 19.6 Å². The summed E-state index contributed by atoms with van der Waals surface area (Å²) in [6, 6.07) is 12.4. The zero-order valence-electron chi connectivity index (χ0n) is 15.0. The number of nitrogens with one attached hydrogen (secondary N) is 2. The van der Waals surface area contributed by atoms with Crippen LogP contribution >= 0.6 is 11.3 Å². The minimum Gasteiger partial charge on any atom is -0.353 e. The van der Waals surface area contributed by atoms with Gasteiger partial charge in [0.15, 0.2) is 0 Å². The van der Waals surface area contributed by atoms with Crippen LogP contribution in [-0.4, -0.2) is 48.3 Å². The number of carbonyl (C=O) groups excluding carboxylic acids is 3. The van der Waals surface area contributed by atoms with Crippen molar-refractivity contribution in [3.63, 3.8) is 0 Å². The first-order valence-electron chi connectivity index (χ1n) is 9.08. The third kappa shape index (κ3) is 5.17. The highest BCUT2D eigenvalue weighted by Crippen LogP contribution is 2.20. The zero-order valence-corrected chi connectivity index (χ0v) is 15.8. The van der Waals surface area contributed by atoms with Gasteiger partial charge >= 0.3 is 0 Å². The second kappa shape index (κ2) is 9.32. The lowest BCUT2D eigenvalue weighted by atomic mass is 10.2. The molecule has 1 aromatic carbocycles. The van der Waals surface area contributed by atoms with Gasteiger partial charge in [0, 0.05) is 30.1 Å². The Morgan fingerprint density at radius 3 is 2.56 bits per heavy atom. The molecular formula is C20H23N3O3S. The summed E-state index contributed by atoms with van der Waals surface area (Å²) in [7, 11) is 0. The van der Waals surface area contributed by atoms with Crippen LogP contribution < -0.4 is 10.6 Å². The molecule has 2 heterocycles. The Hall–Kier alpha value is -2.67. The molecule has 3 rings (SSSR count). The van der Waals surface area contributed by atoms with E-state index in [4.69, 9.17) is 0 Å². The summed E-state index contributed by atoms with van der Waals surface area (Å²) in [5, 5.41) is 7.55. The van der Waals surface area contributed by atoms with Gasteiger partial charge < -0.3 is 15.5 Å². The highest BCUT2D eigenvalue weighted by Gasteiger charge is 2.33. The Bertz CT molecular complexity index is 777. The summed E-state index contributed by atoms with van der Waals surface area (Å²) in [6.07, 6.45) is 1.85. The third-order valence-electron chi connectivity index (χ3n) is 4.53. The molecule has 0 saturated carbocycles. The van der Waals surface area contributed by atoms with Crippen LogP contribution in [0.5, 0.6) is 0 Å². The Kier molecular flexibility index (Phi) is 6.59. The van der Waals surface area contributed by atoms with E-state index in [0.29, 0.717) is 38.0 Å². The molecular weight excluding hydrogens is 362 g/mol. The first kappa shape index (κ1) is 19.1. The number of likely N-dealkylation sites (tertiary alicyclic amines) is 1. The fraction of sp³-hybridized carbons (Fsp3) is 0.350. The number of hydrogen-bond acceptors (Lipinski definition) is 4. The van der Waals surface area contributed by atoms with Gasteiger partial charge in [-0.25, -0.2) is 0 Å². The van der Waals surface area contributed by atoms with E-state index in [1.807, 2.05) is 23.6 Å². The maximum absolute atomic E-state index is 12.5. The molecule has 3 amide bonds. The third-order valence-corrected chi connectivity index (χ3v) is 5.40. The van der Waals surface area contributed by atoms with Gasteiger partial charge in [0.05, 0.1) is 6.42 Å². The van der Waals surface area contributed by atoms with Crippen LogP contribution in [0.1, 0.15) is 28.1 Å². The number of hydrogen-bond donors (Lipinski definition) is 2. The van der Waals surface area contributed by atoms with Gasteiger partial charge in [0.1, 0.15) is 6.04 Å². The van der Waals surface area contributed by atoms with Crippen LogP contribution in [0.15, 0.2) is 47.8 Å². The maximum atomic E-state index is 12.5. The molecule has 7 heteroatoms. The van der Waals surface area contributed by atoms with Crippen molar-refractivity contribution in [2.24, 2.45) is 0 Å². The Morgan fingerprint density at radius 1 is 1.04 bits per heavy atom. The van der Waals surface area contributed by atoms with Crippen molar-refractivity contribution >= 4 is 29.1 Å². The number of thiophene rings is 1. The Morgan fingerprint density at radius 2 is 1.81 bits per heavy atom. The van der Waals surface area contributed by atoms with Crippen LogP contribution in [0.2, 0.25) is 0 Å². The van der Waals surface area contributed by atoms with E-state index in [9.17, 15) is 14.4 Å². The van der Waals surface area contributed by atoms with E-state index in [-0.39, 0.29) is 17.7 Å². The quantitative estimate of drug-likeness (QED) is 0.714. The summed E-state index contributed by atoms with van der Waals surface area (Å²) in [4.78, 5) is 39.6. The van der Waals surface area contributed by atoms with E-state index in [0.717, 1.165) is 11.3 Å². The fourth-order valence-corrected chi connectivity index (χ4v) is 3.87. The van der Waals surface area contributed by atoms with E-state index >= 15 is 0 Å². The lowest BCUT2D eigenvalue weighted by Gasteiger charge is -2.24. The van der Waals surface area contributed by atoms with Crippen LogP contribution in [-0.2, 0) is 16.0 Å². The van der Waals surface area contributed by atoms with E-state index < -0.39 is 6.04 Å². The fourth-order valence-electron chi connectivity index (χ4n) is 3.17. The van der Waals surface area contributed by atoms with Crippen molar-refractivity contribution in [3.05, 3.63) is 58.3 Å². The van der Waals surface area contributed by atoms with E-state index in [2.05, 4.69) is 10.6 Å². The summed E-state index contributed by atoms with van der Waals surface area (Å²) >= 11 is 1.55. The number of benzene rings is 1. The molecule has 0 aliphatic carbocycles. The number of carbonyl (C=O) groups is 3. The summed E-state index contributed by atoms with van der Waals surface area (Å²) in [5.41, 5.74) is 0.588. The summed E-state index contributed by atoms with van der Waals surface area (Å²) < 4.78 is 0. The Labute approximate surface area is 162 Å². The van der Waals surface area contributed by atoms with Crippen molar-refractivity contribution < 1.29 is 14.4 Å². The van der Waals surface area contributed by atoms with Gasteiger partial charge in [-0.2, -0.15) is 0 Å². The molecule has 6 nitrogen and oxygen atoms in total. The second-order valence-corrected chi connectivity index (χ2v) is 7.45. The number of amides is 3. The average molecular weight is 385 g/mol. The summed E-state index contributed by atoms with van der Waals surface area (Å²) in [5.74, 6) is -0.327. The smallest absolute Gasteiger partial charge is 0.251 e. The van der Waals surface area contributed by atoms with Gasteiger partial charge in [0.2, 0.25) is 11.8 Å². The zero-order chi connectivity index (χ0) is 19.1. The summed E-state index contributed by atoms with van der Waals surface area (Å²) in [6.45, 7) is 1.29.